The van der Waals surface area contributed by atoms with Crippen molar-refractivity contribution in [2.45, 2.75) is 31.2 Å². The van der Waals surface area contributed by atoms with Crippen molar-refractivity contribution in [3.8, 4) is 5.82 Å². The molecule has 6 nitrogen and oxygen atoms in total. The van der Waals surface area contributed by atoms with Crippen molar-refractivity contribution in [1.29, 1.82) is 0 Å². The fraction of sp³-hybridized carbons (Fsp3) is 0.154. The van der Waals surface area contributed by atoms with E-state index in [1.807, 2.05) is 55.5 Å². The first-order valence-corrected chi connectivity index (χ1v) is 11.7. The normalized spacial score (nSPS) is 11.3. The summed E-state index contributed by atoms with van der Waals surface area (Å²) in [7, 11) is 0. The minimum absolute atomic E-state index is 0.176. The Balaban J connectivity index is 1.62. The molecule has 0 bridgehead atoms. The highest BCUT2D eigenvalue weighted by Gasteiger charge is 2.15. The fourth-order valence-electron chi connectivity index (χ4n) is 3.76. The molecule has 33 heavy (non-hydrogen) atoms. The third kappa shape index (κ3) is 4.07. The number of hydrogen-bond donors (Lipinski definition) is 0. The van der Waals surface area contributed by atoms with E-state index in [0.29, 0.717) is 33.2 Å². The molecule has 0 spiro atoms. The van der Waals surface area contributed by atoms with Gasteiger partial charge in [-0.2, -0.15) is 0 Å². The fourth-order valence-corrected chi connectivity index (χ4v) is 4.75. The van der Waals surface area contributed by atoms with Crippen LogP contribution in [-0.2, 0) is 12.2 Å². The topological polar surface area (TPSA) is 78.0 Å². The van der Waals surface area contributed by atoms with Crippen LogP contribution >= 0.6 is 11.8 Å². The maximum Gasteiger partial charge on any atom is 0.336 e. The molecule has 164 valence electrons. The number of para-hydroxylation sites is 1. The summed E-state index contributed by atoms with van der Waals surface area (Å²) in [6.45, 7) is 4.01. The van der Waals surface area contributed by atoms with Crippen LogP contribution in [0.4, 0.5) is 0 Å². The van der Waals surface area contributed by atoms with Crippen molar-refractivity contribution in [3.63, 3.8) is 0 Å². The molecule has 0 amide bonds. The molecule has 3 aromatic heterocycles. The SMILES string of the molecule is CCc1ccc2c(CSc3nc4ccccc4c(=O)n3-c3ccc(C)cn3)cc(=O)oc2c1. The van der Waals surface area contributed by atoms with Gasteiger partial charge in [-0.05, 0) is 54.3 Å². The zero-order chi connectivity index (χ0) is 22.9. The lowest BCUT2D eigenvalue weighted by atomic mass is 10.1. The molecular formula is C26H21N3O3S. The molecule has 2 aromatic carbocycles. The second-order valence-electron chi connectivity index (χ2n) is 7.81. The van der Waals surface area contributed by atoms with Gasteiger partial charge in [-0.25, -0.2) is 19.3 Å². The van der Waals surface area contributed by atoms with Crippen LogP contribution < -0.4 is 11.2 Å². The monoisotopic (exact) mass is 455 g/mol. The first kappa shape index (κ1) is 21.2. The van der Waals surface area contributed by atoms with Gasteiger partial charge in [-0.15, -0.1) is 0 Å². The number of nitrogens with zero attached hydrogens (tertiary/aromatic N) is 3. The highest BCUT2D eigenvalue weighted by atomic mass is 32.2. The van der Waals surface area contributed by atoms with E-state index in [1.165, 1.54) is 22.4 Å². The van der Waals surface area contributed by atoms with Crippen molar-refractivity contribution >= 4 is 33.6 Å². The Hall–Kier alpha value is -3.71. The summed E-state index contributed by atoms with van der Waals surface area (Å²) in [6.07, 6.45) is 2.59. The summed E-state index contributed by atoms with van der Waals surface area (Å²) in [5, 5.41) is 1.92. The van der Waals surface area contributed by atoms with Crippen molar-refractivity contribution in [2.24, 2.45) is 0 Å². The average Bonchev–Trinajstić information content (AvgIpc) is 2.83. The number of rotatable bonds is 5. The minimum atomic E-state index is -0.393. The Morgan fingerprint density at radius 2 is 1.85 bits per heavy atom. The van der Waals surface area contributed by atoms with Crippen LogP contribution in [0.2, 0.25) is 0 Å². The summed E-state index contributed by atoms with van der Waals surface area (Å²) in [6, 6.07) is 18.4. The zero-order valence-corrected chi connectivity index (χ0v) is 19.1. The van der Waals surface area contributed by atoms with E-state index < -0.39 is 5.63 Å². The summed E-state index contributed by atoms with van der Waals surface area (Å²) < 4.78 is 6.97. The summed E-state index contributed by atoms with van der Waals surface area (Å²) in [5.74, 6) is 0.959. The van der Waals surface area contributed by atoms with E-state index in [4.69, 9.17) is 9.40 Å². The molecule has 3 heterocycles. The van der Waals surface area contributed by atoms with E-state index in [-0.39, 0.29) is 5.56 Å². The molecular weight excluding hydrogens is 434 g/mol. The van der Waals surface area contributed by atoms with Crippen LogP contribution in [0.25, 0.3) is 27.7 Å². The lowest BCUT2D eigenvalue weighted by Gasteiger charge is -2.13. The highest BCUT2D eigenvalue weighted by Crippen LogP contribution is 2.28. The lowest BCUT2D eigenvalue weighted by Crippen LogP contribution is -2.22. The van der Waals surface area contributed by atoms with E-state index in [1.54, 1.807) is 12.3 Å². The number of aryl methyl sites for hydroxylation is 2. The summed E-state index contributed by atoms with van der Waals surface area (Å²) >= 11 is 1.39. The molecule has 0 N–H and O–H groups in total. The van der Waals surface area contributed by atoms with Gasteiger partial charge >= 0.3 is 5.63 Å². The van der Waals surface area contributed by atoms with Gasteiger partial charge in [0.05, 0.1) is 10.9 Å². The number of thioether (sulfide) groups is 1. The van der Waals surface area contributed by atoms with Gasteiger partial charge in [-0.3, -0.25) is 4.79 Å². The molecule has 0 radical (unpaired) electrons. The Labute approximate surface area is 193 Å². The largest absolute Gasteiger partial charge is 0.423 e. The van der Waals surface area contributed by atoms with Crippen molar-refractivity contribution in [2.75, 3.05) is 0 Å². The standard InChI is InChI=1S/C26H21N3O3S/c1-3-17-9-10-19-18(13-24(30)32-22(19)12-17)15-33-26-28-21-7-5-4-6-20(21)25(31)29(26)23-11-8-16(2)14-27-23/h4-14H,3,15H2,1-2H3. The Kier molecular flexibility index (Phi) is 5.56. The summed E-state index contributed by atoms with van der Waals surface area (Å²) in [4.78, 5) is 34.8. The van der Waals surface area contributed by atoms with Crippen LogP contribution in [0.5, 0.6) is 0 Å². The van der Waals surface area contributed by atoms with Gasteiger partial charge in [0.15, 0.2) is 5.16 Å². The first-order chi connectivity index (χ1) is 16.0. The zero-order valence-electron chi connectivity index (χ0n) is 18.2. The van der Waals surface area contributed by atoms with Crippen molar-refractivity contribution < 1.29 is 4.42 Å². The molecule has 5 aromatic rings. The molecule has 0 aliphatic carbocycles. The van der Waals surface area contributed by atoms with Gasteiger partial charge in [0.1, 0.15) is 11.4 Å². The van der Waals surface area contributed by atoms with Gasteiger partial charge < -0.3 is 4.42 Å². The predicted octanol–water partition coefficient (Wildman–Crippen LogP) is 5.05. The minimum Gasteiger partial charge on any atom is -0.423 e. The molecule has 7 heteroatoms. The van der Waals surface area contributed by atoms with E-state index >= 15 is 0 Å². The van der Waals surface area contributed by atoms with Gasteiger partial charge in [0, 0.05) is 23.4 Å². The Bertz CT molecular complexity index is 1600. The van der Waals surface area contributed by atoms with E-state index in [2.05, 4.69) is 11.9 Å². The molecule has 0 saturated carbocycles. The van der Waals surface area contributed by atoms with Crippen molar-refractivity contribution in [1.82, 2.24) is 14.5 Å². The molecule has 0 saturated heterocycles. The van der Waals surface area contributed by atoms with Crippen LogP contribution in [-0.4, -0.2) is 14.5 Å². The number of aromatic nitrogens is 3. The van der Waals surface area contributed by atoms with Crippen LogP contribution in [0.3, 0.4) is 0 Å². The van der Waals surface area contributed by atoms with Crippen molar-refractivity contribution in [3.05, 3.63) is 104 Å². The Morgan fingerprint density at radius 1 is 1.00 bits per heavy atom. The lowest BCUT2D eigenvalue weighted by molar-refractivity contribution is 0.559. The molecule has 0 atom stereocenters. The number of fused-ring (bicyclic) bond motifs is 2. The van der Waals surface area contributed by atoms with E-state index in [0.717, 1.165) is 28.5 Å². The third-order valence-corrected chi connectivity index (χ3v) is 6.52. The average molecular weight is 456 g/mol. The van der Waals surface area contributed by atoms with Gasteiger partial charge in [0.2, 0.25) is 0 Å². The van der Waals surface area contributed by atoms with E-state index in [9.17, 15) is 9.59 Å². The maximum atomic E-state index is 13.4. The molecule has 0 fully saturated rings. The smallest absolute Gasteiger partial charge is 0.336 e. The molecule has 0 aliphatic rings. The molecule has 0 aliphatic heterocycles. The maximum absolute atomic E-state index is 13.4. The first-order valence-electron chi connectivity index (χ1n) is 10.7. The number of benzene rings is 2. The highest BCUT2D eigenvalue weighted by molar-refractivity contribution is 7.98. The van der Waals surface area contributed by atoms with Crippen LogP contribution in [0.15, 0.2) is 86.0 Å². The number of hydrogen-bond acceptors (Lipinski definition) is 6. The van der Waals surface area contributed by atoms with Gasteiger partial charge in [-0.1, -0.05) is 49.0 Å². The second kappa shape index (κ2) is 8.67. The van der Waals surface area contributed by atoms with Gasteiger partial charge in [0.25, 0.3) is 5.56 Å². The predicted molar refractivity (Wildman–Crippen MR) is 131 cm³/mol. The molecule has 5 rings (SSSR count). The number of pyridine rings is 1. The third-order valence-electron chi connectivity index (χ3n) is 5.53. The second-order valence-corrected chi connectivity index (χ2v) is 8.75. The Morgan fingerprint density at radius 3 is 2.64 bits per heavy atom. The molecule has 0 unspecified atom stereocenters. The van der Waals surface area contributed by atoms with Crippen LogP contribution in [0.1, 0.15) is 23.6 Å². The summed E-state index contributed by atoms with van der Waals surface area (Å²) in [5.41, 5.74) is 3.56. The van der Waals surface area contributed by atoms with Crippen LogP contribution in [0, 0.1) is 6.92 Å². The quantitative estimate of drug-likeness (QED) is 0.210.